The molecule has 0 saturated carbocycles. The van der Waals surface area contributed by atoms with E-state index in [2.05, 4.69) is 27.5 Å². The summed E-state index contributed by atoms with van der Waals surface area (Å²) in [5.41, 5.74) is 1.03. The number of unbranched alkanes of at least 4 members (excludes halogenated alkanes) is 1. The van der Waals surface area contributed by atoms with Gasteiger partial charge in [-0.15, -0.1) is 0 Å². The molecule has 0 aliphatic carbocycles. The lowest BCUT2D eigenvalue weighted by Crippen LogP contribution is -2.37. The zero-order valence-electron chi connectivity index (χ0n) is 17.4. The molecule has 2 rings (SSSR count). The Kier molecular flexibility index (Phi) is 11.4. The molecule has 0 aromatic carbocycles. The van der Waals surface area contributed by atoms with Crippen molar-refractivity contribution in [2.75, 3.05) is 46.6 Å². The average molecular weight is 393 g/mol. The highest BCUT2D eigenvalue weighted by Crippen LogP contribution is 2.15. The van der Waals surface area contributed by atoms with Crippen molar-refractivity contribution in [2.24, 2.45) is 10.9 Å². The lowest BCUT2D eigenvalue weighted by molar-refractivity contribution is 0.0203. The van der Waals surface area contributed by atoms with E-state index in [9.17, 15) is 0 Å². The fourth-order valence-electron chi connectivity index (χ4n) is 2.95. The van der Waals surface area contributed by atoms with Gasteiger partial charge in [-0.1, -0.05) is 19.4 Å². The average Bonchev–Trinajstić information content (AvgIpc) is 2.74. The van der Waals surface area contributed by atoms with Crippen LogP contribution in [0, 0.1) is 5.92 Å². The zero-order valence-corrected chi connectivity index (χ0v) is 17.4. The maximum absolute atomic E-state index is 5.80. The molecule has 158 valence electrons. The van der Waals surface area contributed by atoms with E-state index in [-0.39, 0.29) is 0 Å². The number of hydrogen-bond donors (Lipinski definition) is 2. The second-order valence-electron chi connectivity index (χ2n) is 7.01. The molecule has 1 fully saturated rings. The highest BCUT2D eigenvalue weighted by Gasteiger charge is 2.13. The van der Waals surface area contributed by atoms with Crippen LogP contribution < -0.4 is 15.4 Å². The van der Waals surface area contributed by atoms with Crippen molar-refractivity contribution in [1.29, 1.82) is 0 Å². The van der Waals surface area contributed by atoms with Crippen LogP contribution in [0.15, 0.2) is 23.3 Å². The van der Waals surface area contributed by atoms with Gasteiger partial charge in [-0.25, -0.2) is 4.98 Å². The molecule has 0 unspecified atom stereocenters. The Morgan fingerprint density at radius 1 is 1.25 bits per heavy atom. The molecule has 7 nitrogen and oxygen atoms in total. The first kappa shape index (κ1) is 22.4. The molecular weight excluding hydrogens is 356 g/mol. The van der Waals surface area contributed by atoms with Gasteiger partial charge in [0.2, 0.25) is 5.88 Å². The molecule has 1 aromatic rings. The summed E-state index contributed by atoms with van der Waals surface area (Å²) in [6, 6.07) is 3.95. The van der Waals surface area contributed by atoms with Crippen molar-refractivity contribution in [1.82, 2.24) is 15.6 Å². The van der Waals surface area contributed by atoms with Gasteiger partial charge < -0.3 is 24.8 Å². The molecule has 28 heavy (non-hydrogen) atoms. The van der Waals surface area contributed by atoms with Crippen molar-refractivity contribution in [2.45, 2.75) is 45.6 Å². The Morgan fingerprint density at radius 2 is 2.11 bits per heavy atom. The number of aromatic nitrogens is 1. The van der Waals surface area contributed by atoms with Crippen LogP contribution in [0.1, 0.15) is 44.6 Å². The summed E-state index contributed by atoms with van der Waals surface area (Å²) < 4.78 is 17.0. The van der Waals surface area contributed by atoms with E-state index >= 15 is 0 Å². The van der Waals surface area contributed by atoms with Crippen molar-refractivity contribution >= 4 is 5.96 Å². The van der Waals surface area contributed by atoms with Crippen LogP contribution in [0.4, 0.5) is 0 Å². The van der Waals surface area contributed by atoms with Crippen LogP contribution in [-0.4, -0.2) is 57.6 Å². The fraction of sp³-hybridized carbons (Fsp3) is 0.714. The quantitative estimate of drug-likeness (QED) is 0.324. The first-order valence-electron chi connectivity index (χ1n) is 10.5. The summed E-state index contributed by atoms with van der Waals surface area (Å²) in [6.07, 6.45) is 7.08. The molecule has 1 saturated heterocycles. The summed E-state index contributed by atoms with van der Waals surface area (Å²) in [5, 5.41) is 6.65. The van der Waals surface area contributed by atoms with Crippen LogP contribution in [0.3, 0.4) is 0 Å². The smallest absolute Gasteiger partial charge is 0.218 e. The monoisotopic (exact) mass is 392 g/mol. The van der Waals surface area contributed by atoms with Crippen molar-refractivity contribution in [3.8, 4) is 5.88 Å². The Bertz CT molecular complexity index is 562. The van der Waals surface area contributed by atoms with Gasteiger partial charge in [0.1, 0.15) is 0 Å². The third-order valence-electron chi connectivity index (χ3n) is 4.71. The topological polar surface area (TPSA) is 77.0 Å². The van der Waals surface area contributed by atoms with E-state index in [0.717, 1.165) is 76.6 Å². The summed E-state index contributed by atoms with van der Waals surface area (Å²) in [7, 11) is 1.78. The Labute approximate surface area is 169 Å². The van der Waals surface area contributed by atoms with Gasteiger partial charge in [0.15, 0.2) is 5.96 Å². The summed E-state index contributed by atoms with van der Waals surface area (Å²) in [5.74, 6) is 2.12. The number of aliphatic imine (C=N–C) groups is 1. The second-order valence-corrected chi connectivity index (χ2v) is 7.01. The van der Waals surface area contributed by atoms with Crippen molar-refractivity contribution in [3.05, 3.63) is 23.9 Å². The fourth-order valence-corrected chi connectivity index (χ4v) is 2.95. The van der Waals surface area contributed by atoms with Gasteiger partial charge in [0.05, 0.1) is 6.61 Å². The van der Waals surface area contributed by atoms with Crippen LogP contribution in [-0.2, 0) is 16.0 Å². The lowest BCUT2D eigenvalue weighted by Gasteiger charge is -2.21. The van der Waals surface area contributed by atoms with Crippen molar-refractivity contribution in [3.63, 3.8) is 0 Å². The van der Waals surface area contributed by atoms with Crippen LogP contribution >= 0.6 is 0 Å². The number of nitrogens with one attached hydrogen (secondary N) is 2. The molecule has 0 bridgehead atoms. The number of hydrogen-bond acceptors (Lipinski definition) is 5. The highest BCUT2D eigenvalue weighted by atomic mass is 16.5. The van der Waals surface area contributed by atoms with E-state index in [4.69, 9.17) is 14.2 Å². The minimum Gasteiger partial charge on any atom is -0.477 e. The van der Waals surface area contributed by atoms with Crippen LogP contribution in [0.2, 0.25) is 0 Å². The van der Waals surface area contributed by atoms with E-state index < -0.39 is 0 Å². The first-order chi connectivity index (χ1) is 13.8. The molecule has 0 amide bonds. The number of ether oxygens (including phenoxy) is 3. The molecular formula is C21H36N4O3. The van der Waals surface area contributed by atoms with Gasteiger partial charge >= 0.3 is 0 Å². The molecule has 1 aliphatic rings. The molecule has 0 atom stereocenters. The number of pyridine rings is 1. The number of nitrogens with zero attached hydrogens (tertiary/aromatic N) is 2. The first-order valence-corrected chi connectivity index (χ1v) is 10.5. The molecule has 1 aromatic heterocycles. The van der Waals surface area contributed by atoms with E-state index in [0.29, 0.717) is 24.9 Å². The third kappa shape index (κ3) is 8.89. The van der Waals surface area contributed by atoms with Gasteiger partial charge in [-0.05, 0) is 37.7 Å². The van der Waals surface area contributed by atoms with E-state index in [1.54, 1.807) is 13.2 Å². The summed E-state index contributed by atoms with van der Waals surface area (Å²) in [6.45, 7) is 7.64. The van der Waals surface area contributed by atoms with Crippen LogP contribution in [0.25, 0.3) is 0 Å². The van der Waals surface area contributed by atoms with Gasteiger partial charge in [-0.2, -0.15) is 0 Å². The standard InChI is InChI=1S/C21H36N4O3/c1-3-4-13-28-20-19(7-5-10-23-20)16-25-21(22-2)24-11-6-12-27-17-18-8-14-26-15-9-18/h5,7,10,18H,3-4,6,8-9,11-17H2,1-2H3,(H2,22,24,25). The normalized spacial score (nSPS) is 15.4. The predicted octanol–water partition coefficient (Wildman–Crippen LogP) is 2.76. The summed E-state index contributed by atoms with van der Waals surface area (Å²) in [4.78, 5) is 8.62. The predicted molar refractivity (Wildman–Crippen MR) is 112 cm³/mol. The van der Waals surface area contributed by atoms with Crippen molar-refractivity contribution < 1.29 is 14.2 Å². The molecule has 0 spiro atoms. The summed E-state index contributed by atoms with van der Waals surface area (Å²) >= 11 is 0. The second kappa shape index (κ2) is 14.2. The van der Waals surface area contributed by atoms with Gasteiger partial charge in [0.25, 0.3) is 0 Å². The number of guanidine groups is 1. The SMILES string of the molecule is CCCCOc1ncccc1CNC(=NC)NCCCOCC1CCOCC1. The minimum absolute atomic E-state index is 0.620. The van der Waals surface area contributed by atoms with Crippen LogP contribution in [0.5, 0.6) is 5.88 Å². The minimum atomic E-state index is 0.620. The maximum atomic E-state index is 5.80. The van der Waals surface area contributed by atoms with E-state index in [1.165, 1.54) is 0 Å². The largest absolute Gasteiger partial charge is 0.477 e. The molecule has 2 heterocycles. The Morgan fingerprint density at radius 3 is 2.89 bits per heavy atom. The van der Waals surface area contributed by atoms with Gasteiger partial charge in [0, 0.05) is 58.3 Å². The van der Waals surface area contributed by atoms with Gasteiger partial charge in [-0.3, -0.25) is 4.99 Å². The number of rotatable bonds is 12. The third-order valence-corrected chi connectivity index (χ3v) is 4.71. The molecule has 7 heteroatoms. The zero-order chi connectivity index (χ0) is 19.9. The molecule has 1 aliphatic heterocycles. The van der Waals surface area contributed by atoms with E-state index in [1.807, 2.05) is 12.1 Å². The lowest BCUT2D eigenvalue weighted by atomic mass is 10.0. The molecule has 2 N–H and O–H groups in total. The maximum Gasteiger partial charge on any atom is 0.218 e. The molecule has 0 radical (unpaired) electrons. The Balaban J connectivity index is 1.61. The Hall–Kier alpha value is -1.86. The highest BCUT2D eigenvalue weighted by molar-refractivity contribution is 5.79.